The number of anilines is 4. The molecule has 2 unspecified atom stereocenters. The SMILES string of the molecule is CC(C)C(c1ccc2c(c1)C(C)(C)CCN2)c1ccc2c(c1)C(C)(C)CCN2CC1(C)CCNc2ccc(Cc3ccc4c(c3)C(C)(C)CCN4)cc21. The maximum atomic E-state index is 3.77. The molecule has 2 atom stereocenters. The standard InChI is InChI=1S/C49H64N4/c1-32(2)45(35-12-16-42-38(29-35)47(5,6)19-23-51-42)36-13-17-44-40(30-36)48(7,8)21-25-53(44)31-49(9)20-24-52-43-15-11-34(28-39(43)49)26-33-10-14-41-37(27-33)46(3,4)18-22-50-41/h10-17,27-30,32,45,50-52H,18-26,31H2,1-9H3. The van der Waals surface area contributed by atoms with Crippen molar-refractivity contribution < 1.29 is 0 Å². The maximum absolute atomic E-state index is 3.77. The van der Waals surface area contributed by atoms with Gasteiger partial charge in [-0.2, -0.15) is 0 Å². The summed E-state index contributed by atoms with van der Waals surface area (Å²) in [6.45, 7) is 27.1. The smallest absolute Gasteiger partial charge is 0.0404 e. The largest absolute Gasteiger partial charge is 0.385 e. The minimum Gasteiger partial charge on any atom is -0.385 e. The van der Waals surface area contributed by atoms with Crippen LogP contribution >= 0.6 is 0 Å². The zero-order valence-electron chi connectivity index (χ0n) is 34.1. The number of rotatable bonds is 7. The van der Waals surface area contributed by atoms with Gasteiger partial charge in [-0.15, -0.1) is 0 Å². The van der Waals surface area contributed by atoms with E-state index in [1.54, 1.807) is 0 Å². The van der Waals surface area contributed by atoms with Crippen molar-refractivity contribution in [2.75, 3.05) is 53.6 Å². The average Bonchev–Trinajstić information content (AvgIpc) is 3.10. The summed E-state index contributed by atoms with van der Waals surface area (Å²) < 4.78 is 0. The third-order valence-corrected chi connectivity index (χ3v) is 13.9. The molecule has 4 aromatic rings. The fraction of sp³-hybridized carbons (Fsp3) is 0.510. The molecule has 4 heterocycles. The zero-order valence-corrected chi connectivity index (χ0v) is 34.1. The molecule has 280 valence electrons. The number of nitrogens with zero attached hydrogens (tertiary/aromatic N) is 1. The third-order valence-electron chi connectivity index (χ3n) is 13.9. The number of nitrogens with one attached hydrogen (secondary N) is 3. The van der Waals surface area contributed by atoms with Gasteiger partial charge >= 0.3 is 0 Å². The first-order chi connectivity index (χ1) is 25.1. The fourth-order valence-corrected chi connectivity index (χ4v) is 10.3. The zero-order chi connectivity index (χ0) is 37.3. The summed E-state index contributed by atoms with van der Waals surface area (Å²) >= 11 is 0. The van der Waals surface area contributed by atoms with E-state index in [0.29, 0.717) is 11.8 Å². The lowest BCUT2D eigenvalue weighted by Crippen LogP contribution is -2.46. The second-order valence-electron chi connectivity index (χ2n) is 19.7. The van der Waals surface area contributed by atoms with Gasteiger partial charge in [0.1, 0.15) is 0 Å². The van der Waals surface area contributed by atoms with Crippen LogP contribution in [0, 0.1) is 5.92 Å². The van der Waals surface area contributed by atoms with E-state index in [1.165, 1.54) is 86.5 Å². The van der Waals surface area contributed by atoms with E-state index in [2.05, 4.69) is 156 Å². The molecule has 4 aliphatic rings. The van der Waals surface area contributed by atoms with Crippen LogP contribution in [0.25, 0.3) is 0 Å². The molecule has 0 aromatic heterocycles. The Morgan fingerprint density at radius 1 is 0.547 bits per heavy atom. The Hall–Kier alpha value is -3.92. The Bertz CT molecular complexity index is 2020. The van der Waals surface area contributed by atoms with E-state index in [4.69, 9.17) is 0 Å². The van der Waals surface area contributed by atoms with Crippen LogP contribution in [0.1, 0.15) is 138 Å². The van der Waals surface area contributed by atoms with Gasteiger partial charge in [-0.05, 0) is 123 Å². The molecule has 3 N–H and O–H groups in total. The molecule has 0 aliphatic carbocycles. The number of hydrogen-bond donors (Lipinski definition) is 3. The van der Waals surface area contributed by atoms with Gasteiger partial charge in [-0.25, -0.2) is 0 Å². The molecule has 8 rings (SSSR count). The number of benzene rings is 4. The lowest BCUT2D eigenvalue weighted by molar-refractivity contribution is 0.395. The van der Waals surface area contributed by atoms with Crippen molar-refractivity contribution in [2.24, 2.45) is 5.92 Å². The van der Waals surface area contributed by atoms with Crippen molar-refractivity contribution in [3.8, 4) is 0 Å². The molecule has 0 fully saturated rings. The predicted molar refractivity (Wildman–Crippen MR) is 228 cm³/mol. The van der Waals surface area contributed by atoms with E-state index >= 15 is 0 Å². The molecule has 0 amide bonds. The van der Waals surface area contributed by atoms with E-state index in [-0.39, 0.29) is 21.7 Å². The van der Waals surface area contributed by atoms with Gasteiger partial charge in [-0.1, -0.05) is 111 Å². The highest BCUT2D eigenvalue weighted by atomic mass is 15.2. The van der Waals surface area contributed by atoms with Crippen LogP contribution in [0.15, 0.2) is 72.8 Å². The van der Waals surface area contributed by atoms with Crippen molar-refractivity contribution in [2.45, 2.75) is 122 Å². The first kappa shape index (κ1) is 36.1. The molecule has 0 bridgehead atoms. The molecule has 0 radical (unpaired) electrons. The first-order valence-corrected chi connectivity index (χ1v) is 20.7. The van der Waals surface area contributed by atoms with E-state index in [0.717, 1.165) is 45.6 Å². The van der Waals surface area contributed by atoms with Crippen molar-refractivity contribution in [3.05, 3.63) is 117 Å². The van der Waals surface area contributed by atoms with Crippen molar-refractivity contribution in [3.63, 3.8) is 0 Å². The maximum Gasteiger partial charge on any atom is 0.0404 e. The van der Waals surface area contributed by atoms with E-state index < -0.39 is 0 Å². The summed E-state index contributed by atoms with van der Waals surface area (Å²) in [5.74, 6) is 0.858. The number of hydrogen-bond acceptors (Lipinski definition) is 4. The normalized spacial score (nSPS) is 22.6. The van der Waals surface area contributed by atoms with Gasteiger partial charge < -0.3 is 20.9 Å². The summed E-state index contributed by atoms with van der Waals surface area (Å²) in [7, 11) is 0. The quantitative estimate of drug-likeness (QED) is 0.179. The number of fused-ring (bicyclic) bond motifs is 4. The molecule has 53 heavy (non-hydrogen) atoms. The summed E-state index contributed by atoms with van der Waals surface area (Å²) in [5, 5.41) is 11.1. The van der Waals surface area contributed by atoms with E-state index in [1.807, 2.05) is 0 Å². The Balaban J connectivity index is 1.09. The van der Waals surface area contributed by atoms with Crippen molar-refractivity contribution >= 4 is 22.7 Å². The van der Waals surface area contributed by atoms with Crippen molar-refractivity contribution in [1.29, 1.82) is 0 Å². The topological polar surface area (TPSA) is 39.3 Å². The lowest BCUT2D eigenvalue weighted by Gasteiger charge is -2.46. The summed E-state index contributed by atoms with van der Waals surface area (Å²) in [6.07, 6.45) is 5.61. The minimum absolute atomic E-state index is 0.0558. The van der Waals surface area contributed by atoms with Crippen LogP contribution in [0.3, 0.4) is 0 Å². The molecule has 0 saturated carbocycles. The van der Waals surface area contributed by atoms with Crippen molar-refractivity contribution in [1.82, 2.24) is 0 Å². The molecular formula is C49H64N4. The van der Waals surface area contributed by atoms with E-state index in [9.17, 15) is 0 Å². The first-order valence-electron chi connectivity index (χ1n) is 20.7. The molecule has 4 nitrogen and oxygen atoms in total. The molecule has 0 saturated heterocycles. The Morgan fingerprint density at radius 2 is 1.04 bits per heavy atom. The van der Waals surface area contributed by atoms with Crippen LogP contribution in [0.2, 0.25) is 0 Å². The van der Waals surface area contributed by atoms with Gasteiger partial charge in [0, 0.05) is 66.8 Å². The van der Waals surface area contributed by atoms with Crippen LogP contribution in [0.5, 0.6) is 0 Å². The van der Waals surface area contributed by atoms with Gasteiger partial charge in [0.05, 0.1) is 0 Å². The summed E-state index contributed by atoms with van der Waals surface area (Å²) in [5.41, 5.74) is 17.6. The second kappa shape index (κ2) is 13.1. The third kappa shape index (κ3) is 6.63. The monoisotopic (exact) mass is 709 g/mol. The molecular weight excluding hydrogens is 645 g/mol. The highest BCUT2D eigenvalue weighted by Gasteiger charge is 2.39. The van der Waals surface area contributed by atoms with Gasteiger partial charge in [0.2, 0.25) is 0 Å². The minimum atomic E-state index is 0.0558. The lowest BCUT2D eigenvalue weighted by atomic mass is 9.71. The van der Waals surface area contributed by atoms with Crippen LogP contribution in [-0.4, -0.2) is 32.7 Å². The molecule has 4 aliphatic heterocycles. The average molecular weight is 709 g/mol. The van der Waals surface area contributed by atoms with Crippen LogP contribution < -0.4 is 20.9 Å². The van der Waals surface area contributed by atoms with Gasteiger partial charge in [0.15, 0.2) is 0 Å². The molecule has 4 heteroatoms. The van der Waals surface area contributed by atoms with Crippen LogP contribution in [0.4, 0.5) is 22.7 Å². The molecule has 4 aromatic carbocycles. The van der Waals surface area contributed by atoms with Gasteiger partial charge in [-0.3, -0.25) is 0 Å². The second-order valence-corrected chi connectivity index (χ2v) is 19.7. The highest BCUT2D eigenvalue weighted by molar-refractivity contribution is 5.65. The van der Waals surface area contributed by atoms with Crippen LogP contribution in [-0.2, 0) is 28.1 Å². The fourth-order valence-electron chi connectivity index (χ4n) is 10.3. The summed E-state index contributed by atoms with van der Waals surface area (Å²) in [4.78, 5) is 2.74. The predicted octanol–water partition coefficient (Wildman–Crippen LogP) is 11.5. The Kier molecular flexibility index (Phi) is 8.94. The van der Waals surface area contributed by atoms with Gasteiger partial charge in [0.25, 0.3) is 0 Å². The highest BCUT2D eigenvalue weighted by Crippen LogP contribution is 2.47. The Labute approximate surface area is 320 Å². The molecule has 0 spiro atoms. The summed E-state index contributed by atoms with van der Waals surface area (Å²) in [6, 6.07) is 29.2. The Morgan fingerprint density at radius 3 is 1.66 bits per heavy atom.